The van der Waals surface area contributed by atoms with Gasteiger partial charge in [-0.3, -0.25) is 0 Å². The van der Waals surface area contributed by atoms with Crippen LogP contribution in [0.4, 0.5) is 0 Å². The number of ether oxygens (including phenoxy) is 1. The van der Waals surface area contributed by atoms with E-state index in [4.69, 9.17) is 16.3 Å². The summed E-state index contributed by atoms with van der Waals surface area (Å²) >= 11 is 5.84. The molecule has 0 aliphatic carbocycles. The van der Waals surface area contributed by atoms with Gasteiger partial charge in [0.25, 0.3) is 0 Å². The molecule has 0 bridgehead atoms. The van der Waals surface area contributed by atoms with Crippen LogP contribution in [0.25, 0.3) is 0 Å². The van der Waals surface area contributed by atoms with Crippen LogP contribution in [0.2, 0.25) is 5.02 Å². The summed E-state index contributed by atoms with van der Waals surface area (Å²) in [7, 11) is -3.48. The van der Waals surface area contributed by atoms with Gasteiger partial charge in [0.05, 0.1) is 10.5 Å². The van der Waals surface area contributed by atoms with E-state index in [9.17, 15) is 13.2 Å². The molecule has 0 N–H and O–H groups in total. The average molecular weight is 366 g/mol. The number of carbonyl (C=O) groups excluding carboxylic acids is 1. The van der Waals surface area contributed by atoms with Crippen molar-refractivity contribution >= 4 is 27.6 Å². The average Bonchev–Trinajstić information content (AvgIpc) is 3.10. The first-order chi connectivity index (χ1) is 11.5. The van der Waals surface area contributed by atoms with E-state index in [1.54, 1.807) is 18.2 Å². The molecule has 1 saturated heterocycles. The van der Waals surface area contributed by atoms with Crippen molar-refractivity contribution in [3.05, 3.63) is 59.1 Å². The maximum Gasteiger partial charge on any atom is 0.343 e. The van der Waals surface area contributed by atoms with Gasteiger partial charge in [-0.15, -0.1) is 0 Å². The van der Waals surface area contributed by atoms with Crippen molar-refractivity contribution in [1.29, 1.82) is 0 Å². The molecule has 3 rings (SSSR count). The van der Waals surface area contributed by atoms with E-state index in [-0.39, 0.29) is 10.5 Å². The topological polar surface area (TPSA) is 63.7 Å². The summed E-state index contributed by atoms with van der Waals surface area (Å²) in [5.74, 6) is -0.233. The highest BCUT2D eigenvalue weighted by Gasteiger charge is 2.27. The van der Waals surface area contributed by atoms with E-state index in [2.05, 4.69) is 0 Å². The minimum Gasteiger partial charge on any atom is -0.423 e. The lowest BCUT2D eigenvalue weighted by Crippen LogP contribution is -2.27. The fourth-order valence-corrected chi connectivity index (χ4v) is 4.23. The number of benzene rings is 2. The van der Waals surface area contributed by atoms with Crippen LogP contribution in [0.1, 0.15) is 23.2 Å². The molecular weight excluding hydrogens is 350 g/mol. The molecule has 1 fully saturated rings. The largest absolute Gasteiger partial charge is 0.423 e. The first-order valence-electron chi connectivity index (χ1n) is 7.55. The third-order valence-corrected chi connectivity index (χ3v) is 5.95. The number of esters is 1. The maximum atomic E-state index is 12.4. The van der Waals surface area contributed by atoms with E-state index in [0.717, 1.165) is 12.8 Å². The summed E-state index contributed by atoms with van der Waals surface area (Å²) in [5, 5.41) is 0.465. The number of hydrogen-bond donors (Lipinski definition) is 0. The monoisotopic (exact) mass is 365 g/mol. The number of sulfonamides is 1. The van der Waals surface area contributed by atoms with Crippen molar-refractivity contribution in [2.24, 2.45) is 0 Å². The predicted octanol–water partition coefficient (Wildman–Crippen LogP) is 3.34. The SMILES string of the molecule is O=C(Oc1cccc(Cl)c1)c1ccc(S(=O)(=O)N2CCCC2)cc1. The van der Waals surface area contributed by atoms with Crippen LogP contribution in [0, 0.1) is 0 Å². The quantitative estimate of drug-likeness (QED) is 0.615. The molecule has 2 aromatic carbocycles. The van der Waals surface area contributed by atoms with Gasteiger partial charge in [0.1, 0.15) is 5.75 Å². The number of halogens is 1. The lowest BCUT2D eigenvalue weighted by molar-refractivity contribution is 0.0734. The minimum atomic E-state index is -3.48. The molecule has 1 aliphatic rings. The Labute approximate surface area is 145 Å². The summed E-state index contributed by atoms with van der Waals surface area (Å²) in [6.07, 6.45) is 1.76. The first kappa shape index (κ1) is 17.0. The zero-order valence-electron chi connectivity index (χ0n) is 12.8. The lowest BCUT2D eigenvalue weighted by atomic mass is 10.2. The van der Waals surface area contributed by atoms with Gasteiger partial charge in [0.2, 0.25) is 10.0 Å². The van der Waals surface area contributed by atoms with E-state index in [1.165, 1.54) is 34.6 Å². The summed E-state index contributed by atoms with van der Waals surface area (Å²) in [6.45, 7) is 1.09. The summed E-state index contributed by atoms with van der Waals surface area (Å²) in [5.41, 5.74) is 0.273. The molecular formula is C17H16ClNO4S. The smallest absolute Gasteiger partial charge is 0.343 e. The molecule has 0 radical (unpaired) electrons. The molecule has 24 heavy (non-hydrogen) atoms. The van der Waals surface area contributed by atoms with Gasteiger partial charge < -0.3 is 4.74 Å². The Bertz CT molecular complexity index is 843. The molecule has 0 aromatic heterocycles. The van der Waals surface area contributed by atoms with Gasteiger partial charge in [0, 0.05) is 18.1 Å². The number of rotatable bonds is 4. The van der Waals surface area contributed by atoms with Gasteiger partial charge in [-0.25, -0.2) is 13.2 Å². The second kappa shape index (κ2) is 6.93. The number of nitrogens with zero attached hydrogens (tertiary/aromatic N) is 1. The highest BCUT2D eigenvalue weighted by atomic mass is 35.5. The van der Waals surface area contributed by atoms with Gasteiger partial charge in [-0.2, -0.15) is 4.31 Å². The molecule has 1 heterocycles. The van der Waals surface area contributed by atoms with Crippen molar-refractivity contribution in [3.8, 4) is 5.75 Å². The third-order valence-electron chi connectivity index (χ3n) is 3.80. The first-order valence-corrected chi connectivity index (χ1v) is 9.36. The minimum absolute atomic E-state index is 0.184. The second-order valence-corrected chi connectivity index (χ2v) is 7.86. The molecule has 5 nitrogen and oxygen atoms in total. The van der Waals surface area contributed by atoms with E-state index in [1.807, 2.05) is 0 Å². The molecule has 1 aliphatic heterocycles. The van der Waals surface area contributed by atoms with Crippen molar-refractivity contribution in [1.82, 2.24) is 4.31 Å². The van der Waals surface area contributed by atoms with Crippen LogP contribution >= 0.6 is 11.6 Å². The van der Waals surface area contributed by atoms with Gasteiger partial charge in [-0.05, 0) is 55.3 Å². The van der Waals surface area contributed by atoms with Crippen LogP contribution in [0.15, 0.2) is 53.4 Å². The van der Waals surface area contributed by atoms with E-state index >= 15 is 0 Å². The standard InChI is InChI=1S/C17H16ClNO4S/c18-14-4-3-5-15(12-14)23-17(20)13-6-8-16(9-7-13)24(21,22)19-10-1-2-11-19/h3-9,12H,1-2,10-11H2. The highest BCUT2D eigenvalue weighted by molar-refractivity contribution is 7.89. The Morgan fingerprint density at radius 3 is 2.33 bits per heavy atom. The predicted molar refractivity (Wildman–Crippen MR) is 90.8 cm³/mol. The zero-order valence-corrected chi connectivity index (χ0v) is 14.4. The Morgan fingerprint density at radius 1 is 1.04 bits per heavy atom. The van der Waals surface area contributed by atoms with Crippen molar-refractivity contribution in [2.45, 2.75) is 17.7 Å². The fraction of sp³-hybridized carbons (Fsp3) is 0.235. The van der Waals surface area contributed by atoms with Gasteiger partial charge in [-0.1, -0.05) is 17.7 Å². The fourth-order valence-electron chi connectivity index (χ4n) is 2.54. The van der Waals surface area contributed by atoms with Crippen molar-refractivity contribution in [3.63, 3.8) is 0 Å². The molecule has 126 valence electrons. The molecule has 0 unspecified atom stereocenters. The Morgan fingerprint density at radius 2 is 1.71 bits per heavy atom. The van der Waals surface area contributed by atoms with E-state index < -0.39 is 16.0 Å². The van der Waals surface area contributed by atoms with Crippen LogP contribution in [-0.4, -0.2) is 31.8 Å². The highest BCUT2D eigenvalue weighted by Crippen LogP contribution is 2.22. The normalized spacial score (nSPS) is 15.4. The maximum absolute atomic E-state index is 12.4. The van der Waals surface area contributed by atoms with Gasteiger partial charge in [0.15, 0.2) is 0 Å². The second-order valence-electron chi connectivity index (χ2n) is 5.48. The molecule has 0 amide bonds. The van der Waals surface area contributed by atoms with Crippen molar-refractivity contribution in [2.75, 3.05) is 13.1 Å². The van der Waals surface area contributed by atoms with Crippen LogP contribution in [0.5, 0.6) is 5.75 Å². The van der Waals surface area contributed by atoms with Crippen LogP contribution in [-0.2, 0) is 10.0 Å². The molecule has 7 heteroatoms. The van der Waals surface area contributed by atoms with E-state index in [0.29, 0.717) is 23.9 Å². The number of carbonyl (C=O) groups is 1. The molecule has 2 aromatic rings. The summed E-state index contributed by atoms with van der Waals surface area (Å²) in [4.78, 5) is 12.3. The van der Waals surface area contributed by atoms with Crippen LogP contribution < -0.4 is 4.74 Å². The summed E-state index contributed by atoms with van der Waals surface area (Å²) < 4.78 is 31.6. The molecule has 0 spiro atoms. The molecule has 0 saturated carbocycles. The van der Waals surface area contributed by atoms with Crippen molar-refractivity contribution < 1.29 is 17.9 Å². The summed E-state index contributed by atoms with van der Waals surface area (Å²) in [6, 6.07) is 12.3. The molecule has 0 atom stereocenters. The van der Waals surface area contributed by atoms with Gasteiger partial charge >= 0.3 is 5.97 Å². The third kappa shape index (κ3) is 3.61. The lowest BCUT2D eigenvalue weighted by Gasteiger charge is -2.15. The Balaban J connectivity index is 1.75. The zero-order chi connectivity index (χ0) is 17.2. The Kier molecular flexibility index (Phi) is 4.89. The Hall–Kier alpha value is -1.89. The van der Waals surface area contributed by atoms with Crippen LogP contribution in [0.3, 0.4) is 0 Å². The number of hydrogen-bond acceptors (Lipinski definition) is 4.